The number of imidazole rings is 1. The van der Waals surface area contributed by atoms with Gasteiger partial charge in [0.05, 0.1) is 22.3 Å². The van der Waals surface area contributed by atoms with E-state index >= 15 is 0 Å². The highest BCUT2D eigenvalue weighted by Crippen LogP contribution is 2.37. The van der Waals surface area contributed by atoms with Crippen LogP contribution in [0.15, 0.2) is 58.0 Å². The first-order valence-electron chi connectivity index (χ1n) is 11.2. The van der Waals surface area contributed by atoms with E-state index in [0.29, 0.717) is 39.5 Å². The molecule has 4 heterocycles. The first kappa shape index (κ1) is 21.1. The summed E-state index contributed by atoms with van der Waals surface area (Å²) in [5.74, 6) is -0.485. The minimum Gasteiger partial charge on any atom is -0.408 e. The molecule has 35 heavy (non-hydrogen) atoms. The number of fused-ring (bicyclic) bond motifs is 2. The average Bonchev–Trinajstić information content (AvgIpc) is 3.49. The molecule has 6 rings (SSSR count). The molecule has 2 aromatic carbocycles. The third-order valence-corrected chi connectivity index (χ3v) is 6.42. The first-order valence-corrected chi connectivity index (χ1v) is 11.2. The third-order valence-electron chi connectivity index (χ3n) is 6.42. The van der Waals surface area contributed by atoms with Gasteiger partial charge in [0.1, 0.15) is 17.5 Å². The molecule has 0 radical (unpaired) electrons. The molecule has 1 saturated heterocycles. The van der Waals surface area contributed by atoms with Crippen LogP contribution in [0.4, 0.5) is 10.3 Å². The maximum absolute atomic E-state index is 14.7. The zero-order valence-corrected chi connectivity index (χ0v) is 18.5. The highest BCUT2D eigenvalue weighted by atomic mass is 19.1. The Balaban J connectivity index is 1.63. The fourth-order valence-electron chi connectivity index (χ4n) is 4.62. The Morgan fingerprint density at radius 3 is 2.74 bits per heavy atom. The SMILES string of the molecule is N#Cc1ccc(-c2nc(N3CCC(N)CC3)n3ccnc3c2-c2ccc3oc(=O)[nH]c3c2)cc1F. The molecular weight excluding hydrogens is 449 g/mol. The van der Waals surface area contributed by atoms with E-state index in [1.165, 1.54) is 12.1 Å². The predicted octanol–water partition coefficient (Wildman–Crippen LogP) is 3.44. The Hall–Kier alpha value is -4.49. The minimum atomic E-state index is -0.624. The van der Waals surface area contributed by atoms with E-state index in [1.807, 2.05) is 22.7 Å². The fourth-order valence-corrected chi connectivity index (χ4v) is 4.62. The van der Waals surface area contributed by atoms with Crippen LogP contribution in [0.5, 0.6) is 0 Å². The number of piperidine rings is 1. The van der Waals surface area contributed by atoms with Crippen LogP contribution in [0.3, 0.4) is 0 Å². The molecule has 10 heteroatoms. The Kier molecular flexibility index (Phi) is 4.86. The summed E-state index contributed by atoms with van der Waals surface area (Å²) < 4.78 is 21.8. The van der Waals surface area contributed by atoms with Gasteiger partial charge >= 0.3 is 5.76 Å². The zero-order chi connectivity index (χ0) is 24.1. The van der Waals surface area contributed by atoms with E-state index in [9.17, 15) is 14.4 Å². The van der Waals surface area contributed by atoms with Gasteiger partial charge in [-0.3, -0.25) is 9.38 Å². The molecular formula is C25H20FN7O2. The maximum Gasteiger partial charge on any atom is 0.417 e. The lowest BCUT2D eigenvalue weighted by Gasteiger charge is -2.32. The molecule has 1 aliphatic rings. The summed E-state index contributed by atoms with van der Waals surface area (Å²) in [7, 11) is 0. The molecule has 0 bridgehead atoms. The van der Waals surface area contributed by atoms with Crippen LogP contribution in [-0.2, 0) is 0 Å². The van der Waals surface area contributed by atoms with Gasteiger partial charge in [-0.25, -0.2) is 19.2 Å². The lowest BCUT2D eigenvalue weighted by Crippen LogP contribution is -2.40. The molecule has 0 saturated carbocycles. The molecule has 0 spiro atoms. The number of H-pyrrole nitrogens is 1. The van der Waals surface area contributed by atoms with Gasteiger partial charge in [-0.1, -0.05) is 12.1 Å². The quantitative estimate of drug-likeness (QED) is 0.414. The molecule has 0 aliphatic carbocycles. The molecule has 5 aromatic rings. The van der Waals surface area contributed by atoms with Crippen molar-refractivity contribution in [3.8, 4) is 28.5 Å². The van der Waals surface area contributed by atoms with Crippen molar-refractivity contribution >= 4 is 22.7 Å². The predicted molar refractivity (Wildman–Crippen MR) is 128 cm³/mol. The molecule has 0 atom stereocenters. The number of anilines is 1. The second kappa shape index (κ2) is 8.07. The number of aromatic nitrogens is 4. The van der Waals surface area contributed by atoms with Crippen molar-refractivity contribution in [3.63, 3.8) is 0 Å². The van der Waals surface area contributed by atoms with E-state index in [2.05, 4.69) is 14.9 Å². The number of aromatic amines is 1. The number of halogens is 1. The van der Waals surface area contributed by atoms with Crippen LogP contribution in [0.25, 0.3) is 39.1 Å². The van der Waals surface area contributed by atoms with Crippen molar-refractivity contribution in [1.29, 1.82) is 5.26 Å². The summed E-state index contributed by atoms with van der Waals surface area (Å²) in [6.45, 7) is 1.48. The molecule has 9 nitrogen and oxygen atoms in total. The van der Waals surface area contributed by atoms with Crippen LogP contribution >= 0.6 is 0 Å². The fraction of sp³-hybridized carbons (Fsp3) is 0.200. The minimum absolute atomic E-state index is 0.0418. The monoisotopic (exact) mass is 469 g/mol. The summed E-state index contributed by atoms with van der Waals surface area (Å²) in [6, 6.07) is 11.8. The van der Waals surface area contributed by atoms with Gasteiger partial charge in [0.2, 0.25) is 5.95 Å². The lowest BCUT2D eigenvalue weighted by molar-refractivity contribution is 0.494. The van der Waals surface area contributed by atoms with Crippen molar-refractivity contribution in [2.45, 2.75) is 18.9 Å². The van der Waals surface area contributed by atoms with Crippen LogP contribution in [0.1, 0.15) is 18.4 Å². The van der Waals surface area contributed by atoms with Crippen LogP contribution in [-0.4, -0.2) is 38.5 Å². The summed E-state index contributed by atoms with van der Waals surface area (Å²) in [4.78, 5) is 26.2. The summed E-state index contributed by atoms with van der Waals surface area (Å²) in [5.41, 5.74) is 10.1. The average molecular weight is 469 g/mol. The number of nitrogens with zero attached hydrogens (tertiary/aromatic N) is 5. The van der Waals surface area contributed by atoms with Crippen LogP contribution in [0, 0.1) is 17.1 Å². The van der Waals surface area contributed by atoms with E-state index in [4.69, 9.17) is 15.1 Å². The van der Waals surface area contributed by atoms with Crippen LogP contribution < -0.4 is 16.4 Å². The number of nitriles is 1. The summed E-state index contributed by atoms with van der Waals surface area (Å²) in [6.07, 6.45) is 5.22. The van der Waals surface area contributed by atoms with E-state index in [0.717, 1.165) is 31.5 Å². The Morgan fingerprint density at radius 1 is 1.17 bits per heavy atom. The van der Waals surface area contributed by atoms with Gasteiger partial charge < -0.3 is 15.1 Å². The number of nitrogens with one attached hydrogen (secondary N) is 1. The normalized spacial score (nSPS) is 14.6. The van der Waals surface area contributed by atoms with Gasteiger partial charge in [0.25, 0.3) is 0 Å². The highest BCUT2D eigenvalue weighted by Gasteiger charge is 2.25. The largest absolute Gasteiger partial charge is 0.417 e. The number of benzene rings is 2. The molecule has 174 valence electrons. The molecule has 3 N–H and O–H groups in total. The number of hydrogen-bond donors (Lipinski definition) is 2. The van der Waals surface area contributed by atoms with Crippen molar-refractivity contribution in [1.82, 2.24) is 19.4 Å². The van der Waals surface area contributed by atoms with E-state index in [-0.39, 0.29) is 11.6 Å². The Bertz CT molecular complexity index is 1690. The highest BCUT2D eigenvalue weighted by molar-refractivity contribution is 5.94. The summed E-state index contributed by atoms with van der Waals surface area (Å²) >= 11 is 0. The van der Waals surface area contributed by atoms with Crippen molar-refractivity contribution < 1.29 is 8.81 Å². The number of nitrogens with two attached hydrogens (primary N) is 1. The Morgan fingerprint density at radius 2 is 1.97 bits per heavy atom. The molecule has 1 aliphatic heterocycles. The van der Waals surface area contributed by atoms with Gasteiger partial charge in [-0.15, -0.1) is 0 Å². The second-order valence-corrected chi connectivity index (χ2v) is 8.61. The number of hydrogen-bond acceptors (Lipinski definition) is 7. The molecule has 3 aromatic heterocycles. The van der Waals surface area contributed by atoms with Gasteiger partial charge in [0, 0.05) is 37.1 Å². The topological polar surface area (TPSA) is 129 Å². The van der Waals surface area contributed by atoms with Gasteiger partial charge in [-0.05, 0) is 42.7 Å². The lowest BCUT2D eigenvalue weighted by atomic mass is 9.98. The van der Waals surface area contributed by atoms with E-state index in [1.54, 1.807) is 24.4 Å². The zero-order valence-electron chi connectivity index (χ0n) is 18.5. The Labute approximate surface area is 198 Å². The van der Waals surface area contributed by atoms with Crippen molar-refractivity contribution in [3.05, 3.63) is 70.7 Å². The second-order valence-electron chi connectivity index (χ2n) is 8.61. The van der Waals surface area contributed by atoms with E-state index < -0.39 is 11.6 Å². The first-order chi connectivity index (χ1) is 17.0. The molecule has 0 amide bonds. The smallest absolute Gasteiger partial charge is 0.408 e. The number of rotatable bonds is 3. The van der Waals surface area contributed by atoms with Crippen molar-refractivity contribution in [2.75, 3.05) is 18.0 Å². The number of oxazole rings is 1. The standard InChI is InChI=1S/C25H20FN7O2/c26-18-11-15(1-2-16(18)13-27)22-21(14-3-4-20-19(12-14)30-25(34)35-20)23-29-7-10-33(23)24(31-22)32-8-5-17(28)6-9-32/h1-4,7,10-12,17H,5-6,8-9,28H2,(H,30,34). The molecule has 0 unspecified atom stereocenters. The van der Waals surface area contributed by atoms with Crippen molar-refractivity contribution in [2.24, 2.45) is 5.73 Å². The third kappa shape index (κ3) is 3.53. The van der Waals surface area contributed by atoms with Crippen LogP contribution in [0.2, 0.25) is 0 Å². The van der Waals surface area contributed by atoms with Gasteiger partial charge in [0.15, 0.2) is 5.58 Å². The maximum atomic E-state index is 14.7. The molecule has 1 fully saturated rings. The summed E-state index contributed by atoms with van der Waals surface area (Å²) in [5, 5.41) is 9.19. The van der Waals surface area contributed by atoms with Gasteiger partial charge in [-0.2, -0.15) is 5.26 Å².